The molecular weight excluding hydrogens is 264 g/mol. The number of anilines is 1. The van der Waals surface area contributed by atoms with Crippen LogP contribution in [-0.4, -0.2) is 48.5 Å². The molecule has 0 aliphatic carbocycles. The Balaban J connectivity index is 2.04. The fraction of sp³-hybridized carbons (Fsp3) is 0.625. The molecule has 1 aliphatic heterocycles. The lowest BCUT2D eigenvalue weighted by molar-refractivity contribution is 0.0691. The first-order chi connectivity index (χ1) is 10.1. The van der Waals surface area contributed by atoms with Crippen molar-refractivity contribution in [3.63, 3.8) is 0 Å². The van der Waals surface area contributed by atoms with Crippen molar-refractivity contribution >= 4 is 11.7 Å². The monoisotopic (exact) mass is 290 g/mol. The Hall–Kier alpha value is -1.62. The van der Waals surface area contributed by atoms with Crippen LogP contribution in [0.15, 0.2) is 18.3 Å². The van der Waals surface area contributed by atoms with Gasteiger partial charge in [-0.05, 0) is 58.3 Å². The fourth-order valence-corrected chi connectivity index (χ4v) is 2.77. The summed E-state index contributed by atoms with van der Waals surface area (Å²) in [6, 6.07) is 3.94. The maximum absolute atomic E-state index is 12.7. The molecule has 0 aromatic carbocycles. The average molecular weight is 290 g/mol. The number of carbonyl (C=O) groups is 1. The van der Waals surface area contributed by atoms with E-state index in [1.165, 1.54) is 0 Å². The first kappa shape index (κ1) is 15.8. The Bertz CT molecular complexity index is 467. The van der Waals surface area contributed by atoms with E-state index in [4.69, 9.17) is 0 Å². The number of aromatic nitrogens is 1. The van der Waals surface area contributed by atoms with E-state index in [0.717, 1.165) is 32.5 Å². The molecule has 1 fully saturated rings. The summed E-state index contributed by atoms with van der Waals surface area (Å²) >= 11 is 0. The van der Waals surface area contributed by atoms with Crippen LogP contribution < -0.4 is 10.6 Å². The van der Waals surface area contributed by atoms with Crippen LogP contribution in [0.1, 0.15) is 37.0 Å². The third kappa shape index (κ3) is 4.17. The van der Waals surface area contributed by atoms with Crippen molar-refractivity contribution in [1.29, 1.82) is 0 Å². The molecule has 2 heterocycles. The molecule has 1 aromatic rings. The van der Waals surface area contributed by atoms with Crippen molar-refractivity contribution in [1.82, 2.24) is 15.2 Å². The smallest absolute Gasteiger partial charge is 0.257 e. The van der Waals surface area contributed by atoms with E-state index >= 15 is 0 Å². The van der Waals surface area contributed by atoms with Gasteiger partial charge in [0.1, 0.15) is 5.82 Å². The molecule has 0 saturated carbocycles. The fourth-order valence-electron chi connectivity index (χ4n) is 2.77. The van der Waals surface area contributed by atoms with Crippen LogP contribution in [0.3, 0.4) is 0 Å². The van der Waals surface area contributed by atoms with Crippen LogP contribution in [0.4, 0.5) is 5.82 Å². The lowest BCUT2D eigenvalue weighted by Gasteiger charge is -2.32. The van der Waals surface area contributed by atoms with Crippen molar-refractivity contribution in [3.8, 4) is 0 Å². The van der Waals surface area contributed by atoms with Gasteiger partial charge in [-0.2, -0.15) is 0 Å². The lowest BCUT2D eigenvalue weighted by Crippen LogP contribution is -2.40. The molecule has 1 aromatic heterocycles. The zero-order valence-electron chi connectivity index (χ0n) is 13.2. The highest BCUT2D eigenvalue weighted by molar-refractivity contribution is 5.98. The topological polar surface area (TPSA) is 57.3 Å². The second-order valence-electron chi connectivity index (χ2n) is 5.99. The molecule has 5 heteroatoms. The molecular formula is C16H26N4O. The van der Waals surface area contributed by atoms with Gasteiger partial charge in [-0.1, -0.05) is 0 Å². The SMILES string of the molecule is CNCC1CCN(C(=O)c2cccnc2NC(C)C)CC1. The number of hydrogen-bond donors (Lipinski definition) is 2. The Morgan fingerprint density at radius 1 is 1.43 bits per heavy atom. The highest BCUT2D eigenvalue weighted by Gasteiger charge is 2.25. The standard InChI is InChI=1S/C16H26N4O/c1-12(2)19-15-14(5-4-8-18-15)16(21)20-9-6-13(7-10-20)11-17-3/h4-5,8,12-13,17H,6-7,9-11H2,1-3H3,(H,18,19). The summed E-state index contributed by atoms with van der Waals surface area (Å²) in [5.41, 5.74) is 0.679. The van der Waals surface area contributed by atoms with Gasteiger partial charge in [0, 0.05) is 25.3 Å². The zero-order chi connectivity index (χ0) is 15.2. The molecule has 0 radical (unpaired) electrons. The number of nitrogens with zero attached hydrogens (tertiary/aromatic N) is 2. The minimum atomic E-state index is 0.0918. The van der Waals surface area contributed by atoms with Crippen molar-refractivity contribution in [2.45, 2.75) is 32.7 Å². The second-order valence-corrected chi connectivity index (χ2v) is 5.99. The summed E-state index contributed by atoms with van der Waals surface area (Å²) in [5, 5.41) is 6.47. The summed E-state index contributed by atoms with van der Waals surface area (Å²) < 4.78 is 0. The largest absolute Gasteiger partial charge is 0.367 e. The average Bonchev–Trinajstić information content (AvgIpc) is 2.48. The van der Waals surface area contributed by atoms with Crippen molar-refractivity contribution < 1.29 is 4.79 Å². The van der Waals surface area contributed by atoms with Gasteiger partial charge in [0.15, 0.2) is 0 Å². The van der Waals surface area contributed by atoms with E-state index in [9.17, 15) is 4.79 Å². The quantitative estimate of drug-likeness (QED) is 0.870. The summed E-state index contributed by atoms with van der Waals surface area (Å²) in [7, 11) is 1.98. The molecule has 0 bridgehead atoms. The van der Waals surface area contributed by atoms with E-state index < -0.39 is 0 Å². The Labute approximate surface area is 127 Å². The van der Waals surface area contributed by atoms with Crippen LogP contribution in [0.2, 0.25) is 0 Å². The summed E-state index contributed by atoms with van der Waals surface area (Å²) in [6.07, 6.45) is 3.86. The van der Waals surface area contributed by atoms with Gasteiger partial charge in [-0.15, -0.1) is 0 Å². The van der Waals surface area contributed by atoms with E-state index in [1.807, 2.05) is 37.9 Å². The normalized spacial score (nSPS) is 16.3. The van der Waals surface area contributed by atoms with Crippen molar-refractivity contribution in [3.05, 3.63) is 23.9 Å². The molecule has 1 aliphatic rings. The summed E-state index contributed by atoms with van der Waals surface area (Å²) in [5.74, 6) is 1.46. The summed E-state index contributed by atoms with van der Waals surface area (Å²) in [4.78, 5) is 19.0. The second kappa shape index (κ2) is 7.41. The van der Waals surface area contributed by atoms with Crippen LogP contribution >= 0.6 is 0 Å². The van der Waals surface area contributed by atoms with Gasteiger partial charge in [0.2, 0.25) is 0 Å². The van der Waals surface area contributed by atoms with Gasteiger partial charge in [-0.25, -0.2) is 4.98 Å². The minimum Gasteiger partial charge on any atom is -0.367 e. The lowest BCUT2D eigenvalue weighted by atomic mass is 9.96. The van der Waals surface area contributed by atoms with Gasteiger partial charge in [-0.3, -0.25) is 4.79 Å². The van der Waals surface area contributed by atoms with Gasteiger partial charge < -0.3 is 15.5 Å². The van der Waals surface area contributed by atoms with Crippen molar-refractivity contribution in [2.75, 3.05) is 32.0 Å². The molecule has 21 heavy (non-hydrogen) atoms. The number of piperidine rings is 1. The molecule has 0 spiro atoms. The van der Waals surface area contributed by atoms with E-state index in [0.29, 0.717) is 17.3 Å². The summed E-state index contributed by atoms with van der Waals surface area (Å²) in [6.45, 7) is 6.80. The molecule has 2 rings (SSSR count). The van der Waals surface area contributed by atoms with E-state index in [1.54, 1.807) is 6.20 Å². The first-order valence-electron chi connectivity index (χ1n) is 7.77. The third-order valence-corrected chi connectivity index (χ3v) is 3.86. The van der Waals surface area contributed by atoms with E-state index in [2.05, 4.69) is 15.6 Å². The molecule has 0 unspecified atom stereocenters. The molecule has 2 N–H and O–H groups in total. The van der Waals surface area contributed by atoms with Gasteiger partial charge in [0.25, 0.3) is 5.91 Å². The number of carbonyl (C=O) groups excluding carboxylic acids is 1. The van der Waals surface area contributed by atoms with Gasteiger partial charge in [0.05, 0.1) is 5.56 Å². The molecule has 5 nitrogen and oxygen atoms in total. The molecule has 1 amide bonds. The number of amides is 1. The predicted molar refractivity (Wildman–Crippen MR) is 85.5 cm³/mol. The van der Waals surface area contributed by atoms with Crippen molar-refractivity contribution in [2.24, 2.45) is 5.92 Å². The van der Waals surface area contributed by atoms with Crippen LogP contribution in [0.5, 0.6) is 0 Å². The van der Waals surface area contributed by atoms with Gasteiger partial charge >= 0.3 is 0 Å². The molecule has 1 saturated heterocycles. The van der Waals surface area contributed by atoms with Crippen LogP contribution in [0.25, 0.3) is 0 Å². The van der Waals surface area contributed by atoms with Crippen LogP contribution in [0, 0.1) is 5.92 Å². The number of nitrogens with one attached hydrogen (secondary N) is 2. The zero-order valence-corrected chi connectivity index (χ0v) is 13.2. The predicted octanol–water partition coefficient (Wildman–Crippen LogP) is 1.97. The number of hydrogen-bond acceptors (Lipinski definition) is 4. The van der Waals surface area contributed by atoms with E-state index in [-0.39, 0.29) is 11.9 Å². The number of pyridine rings is 1. The highest BCUT2D eigenvalue weighted by atomic mass is 16.2. The number of rotatable bonds is 5. The number of likely N-dealkylation sites (tertiary alicyclic amines) is 1. The molecule has 0 atom stereocenters. The van der Waals surface area contributed by atoms with Crippen LogP contribution in [-0.2, 0) is 0 Å². The molecule has 116 valence electrons. The first-order valence-corrected chi connectivity index (χ1v) is 7.77. The maximum Gasteiger partial charge on any atom is 0.257 e. The highest BCUT2D eigenvalue weighted by Crippen LogP contribution is 2.21. The third-order valence-electron chi connectivity index (χ3n) is 3.86. The maximum atomic E-state index is 12.7. The Kier molecular flexibility index (Phi) is 5.56. The Morgan fingerprint density at radius 2 is 2.14 bits per heavy atom. The Morgan fingerprint density at radius 3 is 2.76 bits per heavy atom. The minimum absolute atomic E-state index is 0.0918.